The van der Waals surface area contributed by atoms with Gasteiger partial charge < -0.3 is 14.4 Å². The molecule has 0 bridgehead atoms. The minimum atomic E-state index is -4.63. The molecule has 1 heterocycles. The predicted octanol–water partition coefficient (Wildman–Crippen LogP) is 3.43. The summed E-state index contributed by atoms with van der Waals surface area (Å²) in [4.78, 5) is 11.3. The third kappa shape index (κ3) is 4.88. The van der Waals surface area contributed by atoms with Gasteiger partial charge in [0.25, 0.3) is 0 Å². The van der Waals surface area contributed by atoms with Crippen molar-refractivity contribution in [1.29, 1.82) is 0 Å². The number of hydrogen-bond acceptors (Lipinski definition) is 4. The van der Waals surface area contributed by atoms with Gasteiger partial charge in [-0.15, -0.1) is 0 Å². The van der Waals surface area contributed by atoms with Gasteiger partial charge in [0.2, 0.25) is 0 Å². The Balaban J connectivity index is 2.24. The minimum Gasteiger partial charge on any atom is -0.480 e. The molecule has 2 rings (SSSR count). The molecule has 2 atom stereocenters. The molecule has 1 aromatic rings. The fraction of sp³-hybridized carbons (Fsp3) is 0.632. The van der Waals surface area contributed by atoms with E-state index in [1.807, 2.05) is 27.7 Å². The first-order chi connectivity index (χ1) is 12.8. The average molecular weight is 401 g/mol. The van der Waals surface area contributed by atoms with Gasteiger partial charge in [-0.1, -0.05) is 37.6 Å². The molecule has 1 fully saturated rings. The topological polar surface area (TPSA) is 67.8 Å². The lowest BCUT2D eigenvalue weighted by molar-refractivity contribution is -0.163. The fourth-order valence-corrected chi connectivity index (χ4v) is 2.97. The maximum Gasteiger partial charge on any atom is 0.494 e. The zero-order valence-corrected chi connectivity index (χ0v) is 16.8. The third-order valence-electron chi connectivity index (χ3n) is 5.37. The highest BCUT2D eigenvalue weighted by Crippen LogP contribution is 2.37. The zero-order valence-electron chi connectivity index (χ0n) is 16.8. The predicted molar refractivity (Wildman–Crippen MR) is 100 cm³/mol. The first-order valence-corrected chi connectivity index (χ1v) is 9.29. The van der Waals surface area contributed by atoms with E-state index in [1.54, 1.807) is 6.92 Å². The average Bonchev–Trinajstić information content (AvgIpc) is 2.78. The van der Waals surface area contributed by atoms with Crippen LogP contribution >= 0.6 is 0 Å². The van der Waals surface area contributed by atoms with E-state index in [4.69, 9.17) is 9.31 Å². The first kappa shape index (κ1) is 22.7. The molecule has 0 amide bonds. The van der Waals surface area contributed by atoms with E-state index in [-0.39, 0.29) is 12.0 Å². The number of aliphatic carboxylic acids is 1. The van der Waals surface area contributed by atoms with Crippen LogP contribution in [0.15, 0.2) is 24.3 Å². The van der Waals surface area contributed by atoms with Crippen molar-refractivity contribution in [3.63, 3.8) is 0 Å². The van der Waals surface area contributed by atoms with Crippen molar-refractivity contribution in [3.8, 4) is 0 Å². The highest BCUT2D eigenvalue weighted by molar-refractivity contribution is 6.62. The monoisotopic (exact) mass is 401 g/mol. The standard InChI is InChI=1S/C19H27BF3NO4/c1-6-7-14(16(25)26)24-15(19(21,22)23)12-8-10-13(11-9-12)20-27-17(2,3)18(4,5)28-20/h8-11,14-15,24H,6-7H2,1-5H3,(H,25,26)/t14-,15?/m0/s1. The number of benzene rings is 1. The van der Waals surface area contributed by atoms with Gasteiger partial charge in [-0.3, -0.25) is 10.1 Å². The molecule has 0 aliphatic carbocycles. The molecular formula is C19H27BF3NO4. The summed E-state index contributed by atoms with van der Waals surface area (Å²) < 4.78 is 52.5. The number of carbonyl (C=O) groups is 1. The van der Waals surface area contributed by atoms with E-state index in [0.717, 1.165) is 0 Å². The molecule has 1 aliphatic heterocycles. The number of alkyl halides is 3. The largest absolute Gasteiger partial charge is 0.494 e. The van der Waals surface area contributed by atoms with Crippen LogP contribution in [-0.2, 0) is 14.1 Å². The molecule has 156 valence electrons. The van der Waals surface area contributed by atoms with Crippen molar-refractivity contribution in [1.82, 2.24) is 5.32 Å². The lowest BCUT2D eigenvalue weighted by Gasteiger charge is -2.32. The fourth-order valence-electron chi connectivity index (χ4n) is 2.97. The van der Waals surface area contributed by atoms with Crippen LogP contribution in [-0.4, -0.2) is 41.6 Å². The summed E-state index contributed by atoms with van der Waals surface area (Å²) in [7, 11) is -0.678. The van der Waals surface area contributed by atoms with Crippen LogP contribution in [0.4, 0.5) is 13.2 Å². The van der Waals surface area contributed by atoms with E-state index < -0.39 is 42.5 Å². The van der Waals surface area contributed by atoms with Crippen molar-refractivity contribution < 1.29 is 32.4 Å². The maximum absolute atomic E-state index is 13.6. The van der Waals surface area contributed by atoms with Crippen LogP contribution in [0.3, 0.4) is 0 Å². The van der Waals surface area contributed by atoms with Crippen LogP contribution in [0, 0.1) is 0 Å². The first-order valence-electron chi connectivity index (χ1n) is 9.29. The lowest BCUT2D eigenvalue weighted by atomic mass is 9.78. The summed E-state index contributed by atoms with van der Waals surface area (Å²) in [5, 5.41) is 11.4. The molecule has 1 unspecified atom stereocenters. The summed E-state index contributed by atoms with van der Waals surface area (Å²) in [5.74, 6) is -1.30. The molecule has 0 radical (unpaired) electrons. The Hall–Kier alpha value is -1.58. The second-order valence-electron chi connectivity index (χ2n) is 8.08. The Morgan fingerprint density at radius 1 is 1.14 bits per heavy atom. The van der Waals surface area contributed by atoms with Crippen LogP contribution in [0.25, 0.3) is 0 Å². The second kappa shape index (κ2) is 8.04. The Morgan fingerprint density at radius 2 is 1.64 bits per heavy atom. The molecule has 9 heteroatoms. The van der Waals surface area contributed by atoms with Gasteiger partial charge in [0.1, 0.15) is 12.1 Å². The van der Waals surface area contributed by atoms with Crippen LogP contribution in [0.2, 0.25) is 0 Å². The molecule has 5 nitrogen and oxygen atoms in total. The van der Waals surface area contributed by atoms with Crippen molar-refractivity contribution in [2.45, 2.75) is 76.9 Å². The maximum atomic E-state index is 13.6. The van der Waals surface area contributed by atoms with Gasteiger partial charge in [-0.2, -0.15) is 13.2 Å². The lowest BCUT2D eigenvalue weighted by Crippen LogP contribution is -2.44. The van der Waals surface area contributed by atoms with Crippen molar-refractivity contribution >= 4 is 18.6 Å². The number of hydrogen-bond donors (Lipinski definition) is 2. The number of nitrogens with one attached hydrogen (secondary N) is 1. The van der Waals surface area contributed by atoms with Crippen LogP contribution in [0.1, 0.15) is 59.1 Å². The normalized spacial score (nSPS) is 20.8. The summed E-state index contributed by atoms with van der Waals surface area (Å²) in [5.41, 5.74) is -0.565. The van der Waals surface area contributed by atoms with Crippen LogP contribution < -0.4 is 10.8 Å². The molecule has 1 aromatic carbocycles. The highest BCUT2D eigenvalue weighted by Gasteiger charge is 2.51. The van der Waals surface area contributed by atoms with Crippen LogP contribution in [0.5, 0.6) is 0 Å². The quantitative estimate of drug-likeness (QED) is 0.686. The molecule has 0 saturated carbocycles. The SMILES string of the molecule is CCC[C@H](NC(c1ccc(B2OC(C)(C)C(C)(C)O2)cc1)C(F)(F)F)C(=O)O. The summed E-state index contributed by atoms with van der Waals surface area (Å²) in [6, 6.07) is 2.35. The molecule has 0 spiro atoms. The van der Waals surface area contributed by atoms with Crippen molar-refractivity contribution in [2.75, 3.05) is 0 Å². The summed E-state index contributed by atoms with van der Waals surface area (Å²) in [6.07, 6.45) is -4.07. The van der Waals surface area contributed by atoms with Gasteiger partial charge in [-0.05, 0) is 45.1 Å². The van der Waals surface area contributed by atoms with Gasteiger partial charge in [0.15, 0.2) is 0 Å². The molecular weight excluding hydrogens is 374 g/mol. The van der Waals surface area contributed by atoms with E-state index in [1.165, 1.54) is 24.3 Å². The molecule has 28 heavy (non-hydrogen) atoms. The van der Waals surface area contributed by atoms with Crippen molar-refractivity contribution in [2.24, 2.45) is 0 Å². The Morgan fingerprint density at radius 3 is 2.04 bits per heavy atom. The number of carboxylic acids is 1. The summed E-state index contributed by atoms with van der Waals surface area (Å²) >= 11 is 0. The van der Waals surface area contributed by atoms with Crippen molar-refractivity contribution in [3.05, 3.63) is 29.8 Å². The highest BCUT2D eigenvalue weighted by atomic mass is 19.4. The zero-order chi connectivity index (χ0) is 21.3. The Bertz CT molecular complexity index is 675. The van der Waals surface area contributed by atoms with E-state index in [9.17, 15) is 23.1 Å². The summed E-state index contributed by atoms with van der Waals surface area (Å²) in [6.45, 7) is 9.30. The van der Waals surface area contributed by atoms with E-state index in [0.29, 0.717) is 11.9 Å². The molecule has 0 aromatic heterocycles. The van der Waals surface area contributed by atoms with Gasteiger partial charge in [-0.25, -0.2) is 0 Å². The third-order valence-corrected chi connectivity index (χ3v) is 5.37. The number of halogens is 3. The van der Waals surface area contributed by atoms with Gasteiger partial charge >= 0.3 is 19.3 Å². The van der Waals surface area contributed by atoms with E-state index in [2.05, 4.69) is 5.32 Å². The molecule has 1 aliphatic rings. The van der Waals surface area contributed by atoms with E-state index >= 15 is 0 Å². The molecule has 2 N–H and O–H groups in total. The van der Waals surface area contributed by atoms with Gasteiger partial charge in [0, 0.05) is 0 Å². The Labute approximate surface area is 163 Å². The smallest absolute Gasteiger partial charge is 0.480 e. The number of rotatable bonds is 7. The second-order valence-corrected chi connectivity index (χ2v) is 8.08. The van der Waals surface area contributed by atoms with Gasteiger partial charge in [0.05, 0.1) is 11.2 Å². The Kier molecular flexibility index (Phi) is 6.52. The minimum absolute atomic E-state index is 0.0601. The number of carboxylic acid groups (broad SMARTS) is 1. The molecule has 1 saturated heterocycles.